The number of cyclic esters (lactones) is 1. The van der Waals surface area contributed by atoms with Gasteiger partial charge in [-0.1, -0.05) is 17.3 Å². The first kappa shape index (κ1) is 23.6. The van der Waals surface area contributed by atoms with Crippen molar-refractivity contribution >= 4 is 11.9 Å². The molecule has 0 spiro atoms. The minimum absolute atomic E-state index is 0.158. The molecule has 4 N–H and O–H groups in total. The largest absolute Gasteiger partial charge is 0.481 e. The zero-order chi connectivity index (χ0) is 25.2. The number of ether oxygens (including phenoxy) is 2. The average Bonchev–Trinajstić information content (AvgIpc) is 3.28. The molecule has 1 amide bonds. The second kappa shape index (κ2) is 9.86. The number of nitrogens with two attached hydrogens (primary N) is 1. The first-order chi connectivity index (χ1) is 17.4. The second-order valence-corrected chi connectivity index (χ2v) is 8.84. The highest BCUT2D eigenvalue weighted by molar-refractivity contribution is 6.04. The van der Waals surface area contributed by atoms with Crippen molar-refractivity contribution < 1.29 is 23.5 Å². The Bertz CT molecular complexity index is 1280. The van der Waals surface area contributed by atoms with E-state index in [0.717, 1.165) is 22.3 Å². The Labute approximate surface area is 207 Å². The number of hydrogen-bond donors (Lipinski definition) is 3. The second-order valence-electron chi connectivity index (χ2n) is 8.84. The van der Waals surface area contributed by atoms with Crippen LogP contribution in [-0.4, -0.2) is 54.8 Å². The third-order valence-electron chi connectivity index (χ3n) is 6.25. The summed E-state index contributed by atoms with van der Waals surface area (Å²) >= 11 is 0. The first-order valence-corrected chi connectivity index (χ1v) is 11.5. The summed E-state index contributed by atoms with van der Waals surface area (Å²) in [4.78, 5) is 21.4. The normalized spacial score (nSPS) is 22.4. The van der Waals surface area contributed by atoms with Crippen molar-refractivity contribution in [2.24, 2.45) is 11.0 Å². The Morgan fingerprint density at radius 1 is 1.31 bits per heavy atom. The number of methoxy groups -OCH3 is 1. The van der Waals surface area contributed by atoms with Crippen molar-refractivity contribution in [2.75, 3.05) is 26.9 Å². The molecule has 0 aliphatic carbocycles. The van der Waals surface area contributed by atoms with Gasteiger partial charge in [-0.3, -0.25) is 0 Å². The van der Waals surface area contributed by atoms with Gasteiger partial charge in [0, 0.05) is 23.4 Å². The summed E-state index contributed by atoms with van der Waals surface area (Å²) in [5.74, 6) is 6.75. The number of halogens is 1. The number of rotatable bonds is 6. The van der Waals surface area contributed by atoms with Crippen LogP contribution in [0.5, 0.6) is 5.88 Å². The van der Waals surface area contributed by atoms with Crippen molar-refractivity contribution in [3.63, 3.8) is 0 Å². The van der Waals surface area contributed by atoms with E-state index in [9.17, 15) is 9.18 Å². The summed E-state index contributed by atoms with van der Waals surface area (Å²) in [5.41, 5.74) is 5.05. The Kier molecular flexibility index (Phi) is 6.47. The lowest BCUT2D eigenvalue weighted by molar-refractivity contribution is 0.117. The monoisotopic (exact) mass is 494 g/mol. The fraction of sp³-hybridized carbons (Fsp3) is 0.320. The molecule has 1 saturated heterocycles. The number of carbonyl (C=O) groups excluding carboxylic acids is 1. The third-order valence-corrected chi connectivity index (χ3v) is 6.25. The molecule has 5 rings (SSSR count). The van der Waals surface area contributed by atoms with Crippen LogP contribution in [0.2, 0.25) is 0 Å². The highest BCUT2D eigenvalue weighted by Crippen LogP contribution is 2.38. The van der Waals surface area contributed by atoms with E-state index in [1.807, 2.05) is 25.3 Å². The van der Waals surface area contributed by atoms with Gasteiger partial charge in [-0.25, -0.2) is 20.0 Å². The molecule has 0 bridgehead atoms. The zero-order valence-corrected chi connectivity index (χ0v) is 20.0. The first-order valence-electron chi connectivity index (χ1n) is 11.5. The van der Waals surface area contributed by atoms with Gasteiger partial charge in [0.25, 0.3) is 0 Å². The smallest absolute Gasteiger partial charge is 0.407 e. The molecule has 1 fully saturated rings. The maximum Gasteiger partial charge on any atom is 0.407 e. The molecule has 36 heavy (non-hydrogen) atoms. The van der Waals surface area contributed by atoms with Gasteiger partial charge < -0.3 is 30.0 Å². The number of oxime groups is 1. The topological polar surface area (TPSA) is 123 Å². The molecule has 1 aromatic carbocycles. The highest BCUT2D eigenvalue weighted by atomic mass is 19.1. The van der Waals surface area contributed by atoms with Gasteiger partial charge in [0.2, 0.25) is 5.88 Å². The molecule has 0 unspecified atom stereocenters. The molecule has 1 aromatic heterocycles. The van der Waals surface area contributed by atoms with Crippen molar-refractivity contribution in [1.29, 1.82) is 0 Å². The van der Waals surface area contributed by atoms with Crippen molar-refractivity contribution in [3.05, 3.63) is 70.7 Å². The summed E-state index contributed by atoms with van der Waals surface area (Å²) in [7, 11) is 1.54. The quantitative estimate of drug-likeness (QED) is 0.414. The predicted molar refractivity (Wildman–Crippen MR) is 130 cm³/mol. The van der Waals surface area contributed by atoms with Crippen molar-refractivity contribution in [1.82, 2.24) is 20.6 Å². The number of pyridine rings is 1. The van der Waals surface area contributed by atoms with E-state index in [2.05, 4.69) is 20.8 Å². The molecule has 10 nitrogen and oxygen atoms in total. The molecular formula is C25H27FN6O4. The number of amidine groups is 1. The molecule has 2 aromatic rings. The summed E-state index contributed by atoms with van der Waals surface area (Å²) in [6, 6.07) is 9.51. The van der Waals surface area contributed by atoms with Gasteiger partial charge in [-0.05, 0) is 48.3 Å². The molecule has 11 heteroatoms. The van der Waals surface area contributed by atoms with Crippen LogP contribution in [0.3, 0.4) is 0 Å². The van der Waals surface area contributed by atoms with Crippen LogP contribution in [0.25, 0.3) is 11.3 Å². The van der Waals surface area contributed by atoms with Crippen LogP contribution in [0.15, 0.2) is 64.5 Å². The van der Waals surface area contributed by atoms with Gasteiger partial charge in [0.05, 0.1) is 25.4 Å². The molecule has 4 heterocycles. The maximum absolute atomic E-state index is 14.4. The number of hydrogen-bond acceptors (Lipinski definition) is 8. The van der Waals surface area contributed by atoms with E-state index in [4.69, 9.17) is 20.2 Å². The van der Waals surface area contributed by atoms with E-state index in [0.29, 0.717) is 35.9 Å². The lowest BCUT2D eigenvalue weighted by atomic mass is 9.85. The fourth-order valence-corrected chi connectivity index (χ4v) is 4.69. The van der Waals surface area contributed by atoms with Crippen LogP contribution in [0, 0.1) is 5.82 Å². The van der Waals surface area contributed by atoms with Crippen LogP contribution in [0.4, 0.5) is 9.18 Å². The van der Waals surface area contributed by atoms with Crippen LogP contribution in [-0.2, 0) is 9.57 Å². The van der Waals surface area contributed by atoms with Crippen molar-refractivity contribution in [3.8, 4) is 17.1 Å². The molecule has 188 valence electrons. The Balaban J connectivity index is 1.49. The lowest BCUT2D eigenvalue weighted by Crippen LogP contribution is -2.42. The van der Waals surface area contributed by atoms with Crippen molar-refractivity contribution in [2.45, 2.75) is 25.4 Å². The number of amides is 1. The van der Waals surface area contributed by atoms with E-state index in [1.54, 1.807) is 24.3 Å². The van der Waals surface area contributed by atoms with Gasteiger partial charge in [-0.2, -0.15) is 0 Å². The molecular weight excluding hydrogens is 467 g/mol. The summed E-state index contributed by atoms with van der Waals surface area (Å²) in [5, 5.41) is 12.2. The molecule has 0 radical (unpaired) electrons. The van der Waals surface area contributed by atoms with Gasteiger partial charge >= 0.3 is 6.09 Å². The number of nitrogens with zero attached hydrogens (tertiary/aromatic N) is 3. The number of hydrazine groups is 1. The minimum atomic E-state index is -0.471. The number of carbonyl (C=O) groups is 1. The van der Waals surface area contributed by atoms with E-state index < -0.39 is 6.09 Å². The SMILES string of the molecule is COc1cccc(-c2cc(F)ccc2[C@H]2CC3=C(C(C)=CN(N)C3)C(=NOC[C@H]3COC(=O)N3)N2)n1. The number of nitrogens with one attached hydrogen (secondary N) is 2. The van der Waals surface area contributed by atoms with E-state index in [-0.39, 0.29) is 31.1 Å². The van der Waals surface area contributed by atoms with Crippen LogP contribution >= 0.6 is 0 Å². The predicted octanol–water partition coefficient (Wildman–Crippen LogP) is 2.76. The van der Waals surface area contributed by atoms with Crippen LogP contribution < -0.4 is 21.2 Å². The minimum Gasteiger partial charge on any atom is -0.481 e. The fourth-order valence-electron chi connectivity index (χ4n) is 4.69. The van der Waals surface area contributed by atoms with Gasteiger partial charge in [0.15, 0.2) is 5.84 Å². The molecule has 2 atom stereocenters. The molecule has 3 aliphatic heterocycles. The summed E-state index contributed by atoms with van der Waals surface area (Å²) in [6.07, 6.45) is 2.01. The zero-order valence-electron chi connectivity index (χ0n) is 20.0. The number of aromatic nitrogens is 1. The van der Waals surface area contributed by atoms with E-state index >= 15 is 0 Å². The Morgan fingerprint density at radius 3 is 2.94 bits per heavy atom. The lowest BCUT2D eigenvalue weighted by Gasteiger charge is -2.35. The number of alkyl carbamates (subject to hydrolysis) is 1. The Morgan fingerprint density at radius 2 is 2.17 bits per heavy atom. The Hall–Kier alpha value is -4.12. The van der Waals surface area contributed by atoms with E-state index in [1.165, 1.54) is 12.1 Å². The molecule has 0 saturated carbocycles. The average molecular weight is 495 g/mol. The maximum atomic E-state index is 14.4. The van der Waals surface area contributed by atoms with Gasteiger partial charge in [-0.15, -0.1) is 0 Å². The number of benzene rings is 1. The van der Waals surface area contributed by atoms with Crippen LogP contribution in [0.1, 0.15) is 24.9 Å². The third kappa shape index (κ3) is 4.82. The highest BCUT2D eigenvalue weighted by Gasteiger charge is 2.32. The summed E-state index contributed by atoms with van der Waals surface area (Å²) in [6.45, 7) is 2.86. The molecule has 3 aliphatic rings. The standard InChI is InChI=1S/C25H27FN6O4/c1-14-10-32(27)11-15-8-21(30-24(23(14)15)31-36-13-17-12-35-25(33)28-17)18-7-6-16(26)9-19(18)20-4-3-5-22(29-20)34-2/h3-7,9-10,17,21H,8,11-13,27H2,1-2H3,(H,28,33)(H,30,31)/t17-,21-/m1/s1. The van der Waals surface area contributed by atoms with Gasteiger partial charge in [0.1, 0.15) is 25.1 Å². The summed E-state index contributed by atoms with van der Waals surface area (Å²) < 4.78 is 24.5.